The van der Waals surface area contributed by atoms with E-state index in [1.54, 1.807) is 13.8 Å². The lowest BCUT2D eigenvalue weighted by Crippen LogP contribution is -2.27. The molecule has 1 atom stereocenters. The van der Waals surface area contributed by atoms with Gasteiger partial charge in [0.1, 0.15) is 12.7 Å². The summed E-state index contributed by atoms with van der Waals surface area (Å²) in [7, 11) is 0. The molecule has 1 aromatic carbocycles. The number of hydrogen-bond acceptors (Lipinski definition) is 4. The van der Waals surface area contributed by atoms with E-state index in [-0.39, 0.29) is 6.61 Å². The molecule has 0 fully saturated rings. The first-order valence-electron chi connectivity index (χ1n) is 6.63. The van der Waals surface area contributed by atoms with Gasteiger partial charge in [0.15, 0.2) is 0 Å². The van der Waals surface area contributed by atoms with Gasteiger partial charge in [0, 0.05) is 17.6 Å². The van der Waals surface area contributed by atoms with Crippen molar-refractivity contribution in [2.75, 3.05) is 6.61 Å². The van der Waals surface area contributed by atoms with Crippen molar-refractivity contribution < 1.29 is 19.1 Å². The first kappa shape index (κ1) is 16.7. The summed E-state index contributed by atoms with van der Waals surface area (Å²) in [6.07, 6.45) is -0.0940. The van der Waals surface area contributed by atoms with Gasteiger partial charge in [0.2, 0.25) is 0 Å². The van der Waals surface area contributed by atoms with Gasteiger partial charge in [-0.15, -0.1) is 0 Å². The highest BCUT2D eigenvalue weighted by Gasteiger charge is 2.18. The third kappa shape index (κ3) is 6.08. The fraction of sp³-hybridized carbons (Fsp3) is 0.294. The van der Waals surface area contributed by atoms with Gasteiger partial charge in [-0.05, 0) is 19.4 Å². The van der Waals surface area contributed by atoms with Gasteiger partial charge in [0.25, 0.3) is 0 Å². The van der Waals surface area contributed by atoms with E-state index in [2.05, 4.69) is 13.2 Å². The molecule has 0 aliphatic rings. The van der Waals surface area contributed by atoms with E-state index >= 15 is 0 Å². The first-order valence-corrected chi connectivity index (χ1v) is 6.63. The molecule has 0 aromatic heterocycles. The maximum Gasteiger partial charge on any atom is 0.333 e. The molecule has 0 radical (unpaired) electrons. The van der Waals surface area contributed by atoms with Crippen LogP contribution in [0.5, 0.6) is 0 Å². The summed E-state index contributed by atoms with van der Waals surface area (Å²) in [4.78, 5) is 23.1. The fourth-order valence-electron chi connectivity index (χ4n) is 1.56. The van der Waals surface area contributed by atoms with Crippen molar-refractivity contribution in [2.24, 2.45) is 0 Å². The molecule has 0 saturated heterocycles. The lowest BCUT2D eigenvalue weighted by Gasteiger charge is -2.18. The first-order chi connectivity index (χ1) is 9.90. The molecule has 4 heteroatoms. The minimum Gasteiger partial charge on any atom is -0.458 e. The molecule has 1 rings (SSSR count). The zero-order valence-corrected chi connectivity index (χ0v) is 12.4. The van der Waals surface area contributed by atoms with Gasteiger partial charge in [-0.3, -0.25) is 0 Å². The van der Waals surface area contributed by atoms with Gasteiger partial charge >= 0.3 is 11.9 Å². The number of rotatable bonds is 7. The second-order valence-electron chi connectivity index (χ2n) is 4.88. The third-order valence-corrected chi connectivity index (χ3v) is 2.68. The van der Waals surface area contributed by atoms with Crippen LogP contribution in [0.3, 0.4) is 0 Å². The summed E-state index contributed by atoms with van der Waals surface area (Å²) >= 11 is 0. The Morgan fingerprint density at radius 2 is 1.62 bits per heavy atom. The van der Waals surface area contributed by atoms with Gasteiger partial charge < -0.3 is 9.47 Å². The zero-order chi connectivity index (χ0) is 15.8. The minimum absolute atomic E-state index is 0.0143. The molecule has 4 nitrogen and oxygen atoms in total. The van der Waals surface area contributed by atoms with Crippen LogP contribution in [-0.2, 0) is 25.5 Å². The quantitative estimate of drug-likeness (QED) is 0.572. The molecule has 0 bridgehead atoms. The summed E-state index contributed by atoms with van der Waals surface area (Å²) in [5.74, 6) is -0.998. The molecule has 112 valence electrons. The third-order valence-electron chi connectivity index (χ3n) is 2.68. The van der Waals surface area contributed by atoms with E-state index < -0.39 is 18.0 Å². The molecule has 21 heavy (non-hydrogen) atoms. The van der Waals surface area contributed by atoms with Gasteiger partial charge in [0.05, 0.1) is 0 Å². The molecule has 0 amide bonds. The van der Waals surface area contributed by atoms with Crippen LogP contribution in [0.25, 0.3) is 0 Å². The van der Waals surface area contributed by atoms with Gasteiger partial charge in [-0.2, -0.15) is 0 Å². The second-order valence-corrected chi connectivity index (χ2v) is 4.88. The van der Waals surface area contributed by atoms with Crippen LogP contribution in [-0.4, -0.2) is 24.6 Å². The van der Waals surface area contributed by atoms with Gasteiger partial charge in [-0.25, -0.2) is 9.59 Å². The molecule has 1 aromatic rings. The zero-order valence-electron chi connectivity index (χ0n) is 12.4. The number of ether oxygens (including phenoxy) is 2. The molecular weight excluding hydrogens is 268 g/mol. The van der Waals surface area contributed by atoms with E-state index in [9.17, 15) is 9.59 Å². The van der Waals surface area contributed by atoms with E-state index in [0.29, 0.717) is 17.6 Å². The maximum absolute atomic E-state index is 11.6. The SMILES string of the molecule is C=C(C)C(=O)OCC(Cc1ccccc1)OC(=O)C(=C)C. The largest absolute Gasteiger partial charge is 0.458 e. The van der Waals surface area contributed by atoms with Crippen LogP contribution in [0.4, 0.5) is 0 Å². The average molecular weight is 288 g/mol. The Balaban J connectivity index is 2.69. The topological polar surface area (TPSA) is 52.6 Å². The molecule has 0 saturated carbocycles. The highest BCUT2D eigenvalue weighted by molar-refractivity contribution is 5.87. The van der Waals surface area contributed by atoms with Crippen molar-refractivity contribution >= 4 is 11.9 Å². The predicted molar refractivity (Wildman–Crippen MR) is 80.6 cm³/mol. The van der Waals surface area contributed by atoms with E-state index in [1.807, 2.05) is 30.3 Å². The number of esters is 2. The maximum atomic E-state index is 11.6. The van der Waals surface area contributed by atoms with Crippen LogP contribution >= 0.6 is 0 Å². The standard InChI is InChI=1S/C17H20O4/c1-12(2)16(18)20-11-15(21-17(19)13(3)4)10-14-8-6-5-7-9-14/h5-9,15H,1,3,10-11H2,2,4H3. The van der Waals surface area contributed by atoms with Crippen molar-refractivity contribution in [1.29, 1.82) is 0 Å². The number of carbonyl (C=O) groups excluding carboxylic acids is 2. The molecule has 0 N–H and O–H groups in total. The summed E-state index contributed by atoms with van der Waals surface area (Å²) < 4.78 is 10.4. The number of carbonyl (C=O) groups is 2. The van der Waals surface area contributed by atoms with E-state index in [1.165, 1.54) is 0 Å². The molecule has 0 spiro atoms. The minimum atomic E-state index is -0.556. The number of hydrogen-bond donors (Lipinski definition) is 0. The number of benzene rings is 1. The Kier molecular flexibility index (Phi) is 6.40. The monoisotopic (exact) mass is 288 g/mol. The van der Waals surface area contributed by atoms with Crippen molar-refractivity contribution in [3.8, 4) is 0 Å². The Morgan fingerprint density at radius 3 is 2.14 bits per heavy atom. The fourth-order valence-corrected chi connectivity index (χ4v) is 1.56. The highest BCUT2D eigenvalue weighted by Crippen LogP contribution is 2.09. The molecule has 0 aliphatic carbocycles. The molecule has 0 heterocycles. The van der Waals surface area contributed by atoms with Crippen molar-refractivity contribution in [2.45, 2.75) is 26.4 Å². The Bertz CT molecular complexity index is 531. The summed E-state index contributed by atoms with van der Waals surface area (Å²) in [6.45, 7) is 10.2. The molecule has 1 unspecified atom stereocenters. The Morgan fingerprint density at radius 1 is 1.05 bits per heavy atom. The highest BCUT2D eigenvalue weighted by atomic mass is 16.6. The lowest BCUT2D eigenvalue weighted by molar-refractivity contribution is -0.153. The van der Waals surface area contributed by atoms with Crippen LogP contribution in [0.2, 0.25) is 0 Å². The van der Waals surface area contributed by atoms with Crippen molar-refractivity contribution in [1.82, 2.24) is 0 Å². The average Bonchev–Trinajstić information content (AvgIpc) is 2.45. The van der Waals surface area contributed by atoms with Crippen LogP contribution in [0.15, 0.2) is 54.6 Å². The van der Waals surface area contributed by atoms with Gasteiger partial charge in [-0.1, -0.05) is 43.5 Å². The van der Waals surface area contributed by atoms with Crippen LogP contribution in [0.1, 0.15) is 19.4 Å². The predicted octanol–water partition coefficient (Wildman–Crippen LogP) is 2.84. The van der Waals surface area contributed by atoms with E-state index in [0.717, 1.165) is 5.56 Å². The lowest BCUT2D eigenvalue weighted by atomic mass is 10.1. The van der Waals surface area contributed by atoms with Crippen LogP contribution in [0, 0.1) is 0 Å². The summed E-state index contributed by atoms with van der Waals surface area (Å²) in [5, 5.41) is 0. The van der Waals surface area contributed by atoms with Crippen LogP contribution < -0.4 is 0 Å². The summed E-state index contributed by atoms with van der Waals surface area (Å²) in [5.41, 5.74) is 1.60. The normalized spacial score (nSPS) is 11.3. The summed E-state index contributed by atoms with van der Waals surface area (Å²) in [6, 6.07) is 9.53. The van der Waals surface area contributed by atoms with E-state index in [4.69, 9.17) is 9.47 Å². The Hall–Kier alpha value is -2.36. The Labute approximate surface area is 125 Å². The van der Waals surface area contributed by atoms with Crippen molar-refractivity contribution in [3.05, 3.63) is 60.2 Å². The van der Waals surface area contributed by atoms with Crippen molar-refractivity contribution in [3.63, 3.8) is 0 Å². The molecule has 0 aliphatic heterocycles. The smallest absolute Gasteiger partial charge is 0.333 e. The molecular formula is C17H20O4. The second kappa shape index (κ2) is 8.04.